The van der Waals surface area contributed by atoms with E-state index in [4.69, 9.17) is 0 Å². The van der Waals surface area contributed by atoms with Crippen molar-refractivity contribution in [2.45, 2.75) is 6.63 Å². The number of aldehydes is 1. The topological polar surface area (TPSA) is 81.9 Å². The highest BCUT2D eigenvalue weighted by molar-refractivity contribution is 9.42. The van der Waals surface area contributed by atoms with Gasteiger partial charge in [0.2, 0.25) is 11.3 Å². The second-order valence-electron chi connectivity index (χ2n) is 5.17. The van der Waals surface area contributed by atoms with Crippen molar-refractivity contribution in [1.82, 2.24) is 14.8 Å². The Kier molecular flexibility index (Phi) is 5.48. The summed E-state index contributed by atoms with van der Waals surface area (Å²) in [5.74, 6) is 0.301. The third kappa shape index (κ3) is 3.55. The molecule has 1 aromatic heterocycles. The van der Waals surface area contributed by atoms with E-state index in [-0.39, 0.29) is 5.16 Å². The van der Waals surface area contributed by atoms with Gasteiger partial charge in [-0.25, -0.2) is 8.42 Å². The van der Waals surface area contributed by atoms with E-state index in [0.717, 1.165) is 0 Å². The molecule has 1 heterocycles. The van der Waals surface area contributed by atoms with Crippen LogP contribution in [-0.2, 0) is 9.84 Å². The van der Waals surface area contributed by atoms with Gasteiger partial charge in [0.05, 0.1) is 0 Å². The molecule has 0 atom stereocenters. The van der Waals surface area contributed by atoms with Crippen LogP contribution < -0.4 is 0 Å². The summed E-state index contributed by atoms with van der Waals surface area (Å²) in [4.78, 5) is 11.1. The molecule has 134 valence electrons. The van der Waals surface area contributed by atoms with Gasteiger partial charge in [-0.15, -0.1) is 10.2 Å². The monoisotopic (exact) mass is 561 g/mol. The molecule has 0 aliphatic heterocycles. The Labute approximate surface area is 174 Å². The summed E-state index contributed by atoms with van der Waals surface area (Å²) in [6, 6.07) is 15.6. The van der Waals surface area contributed by atoms with Crippen molar-refractivity contribution in [3.05, 3.63) is 60.2 Å². The maximum atomic E-state index is 12.9. The number of nitrogens with zero attached hydrogens (tertiary/aromatic N) is 3. The summed E-state index contributed by atoms with van der Waals surface area (Å²) in [6.45, 7) is 0. The van der Waals surface area contributed by atoms with E-state index in [0.29, 0.717) is 28.9 Å². The van der Waals surface area contributed by atoms with Crippen molar-refractivity contribution in [1.29, 1.82) is 0 Å². The lowest BCUT2D eigenvalue weighted by atomic mass is 10.1. The zero-order valence-electron chi connectivity index (χ0n) is 12.9. The molecule has 0 radical (unpaired) electrons. The zero-order chi connectivity index (χ0) is 18.9. The van der Waals surface area contributed by atoms with E-state index in [1.807, 2.05) is 6.07 Å². The quantitative estimate of drug-likeness (QED) is 0.349. The Hall–Kier alpha value is -1.36. The molecule has 10 heteroatoms. The molecule has 0 spiro atoms. The number of para-hydroxylation sites is 1. The van der Waals surface area contributed by atoms with Crippen LogP contribution in [-0.4, -0.2) is 30.9 Å². The number of halogens is 3. The predicted octanol–water partition coefficient (Wildman–Crippen LogP) is 4.32. The fourth-order valence-electron chi connectivity index (χ4n) is 2.30. The Bertz CT molecular complexity index is 1060. The van der Waals surface area contributed by atoms with E-state index < -0.39 is 11.3 Å². The number of aromatic nitrogens is 3. The molecule has 0 aliphatic carbocycles. The predicted molar refractivity (Wildman–Crippen MR) is 109 cm³/mol. The van der Waals surface area contributed by atoms with Gasteiger partial charge in [-0.2, -0.15) is 0 Å². The maximum absolute atomic E-state index is 12.9. The molecule has 3 rings (SSSR count). The Balaban J connectivity index is 2.33. The van der Waals surface area contributed by atoms with Gasteiger partial charge in [-0.3, -0.25) is 9.36 Å². The molecule has 3 aromatic rings. The van der Waals surface area contributed by atoms with Crippen LogP contribution in [0.4, 0.5) is 0 Å². The normalized spacial score (nSPS) is 12.1. The summed E-state index contributed by atoms with van der Waals surface area (Å²) >= 11 is 9.15. The van der Waals surface area contributed by atoms with Crippen molar-refractivity contribution < 1.29 is 13.2 Å². The molecule has 0 saturated heterocycles. The number of carbonyl (C=O) groups is 1. The molecule has 0 fully saturated rings. The van der Waals surface area contributed by atoms with E-state index in [1.165, 1.54) is 4.57 Å². The van der Waals surface area contributed by atoms with Crippen LogP contribution in [0.2, 0.25) is 0 Å². The van der Waals surface area contributed by atoms with Crippen LogP contribution in [0.3, 0.4) is 0 Å². The number of sulfone groups is 1. The molecule has 6 nitrogen and oxygen atoms in total. The number of rotatable bonds is 4. The number of benzene rings is 2. The number of alkyl halides is 3. The molecule has 0 amide bonds. The van der Waals surface area contributed by atoms with Gasteiger partial charge in [-0.05, 0) is 66.0 Å². The lowest BCUT2D eigenvalue weighted by Crippen LogP contribution is -2.22. The fraction of sp³-hybridized carbons (Fsp3) is 0.0625. The summed E-state index contributed by atoms with van der Waals surface area (Å²) in [5.41, 5.74) is 1.58. The fourth-order valence-corrected chi connectivity index (χ4v) is 4.39. The third-order valence-electron chi connectivity index (χ3n) is 3.47. The van der Waals surface area contributed by atoms with Crippen LogP contribution >= 0.6 is 47.8 Å². The summed E-state index contributed by atoms with van der Waals surface area (Å²) in [7, 11) is -3.99. The van der Waals surface area contributed by atoms with Crippen LogP contribution in [0.15, 0.2) is 59.8 Å². The SMILES string of the molecule is O=Cc1cccc(-c2nnc(S(=O)(=O)C(Br)(Br)Br)n2-c2ccccc2)c1. The van der Waals surface area contributed by atoms with Crippen molar-refractivity contribution in [3.63, 3.8) is 0 Å². The maximum Gasteiger partial charge on any atom is 0.257 e. The minimum absolute atomic E-state index is 0.263. The van der Waals surface area contributed by atoms with Crippen LogP contribution in [0.5, 0.6) is 0 Å². The first-order valence-corrected chi connectivity index (χ1v) is 11.0. The highest BCUT2D eigenvalue weighted by Crippen LogP contribution is 2.43. The van der Waals surface area contributed by atoms with Gasteiger partial charge in [0.15, 0.2) is 5.82 Å². The smallest absolute Gasteiger partial charge is 0.257 e. The van der Waals surface area contributed by atoms with Crippen molar-refractivity contribution in [2.24, 2.45) is 0 Å². The van der Waals surface area contributed by atoms with Gasteiger partial charge in [0.25, 0.3) is 5.16 Å². The van der Waals surface area contributed by atoms with E-state index in [2.05, 4.69) is 58.0 Å². The third-order valence-corrected chi connectivity index (χ3v) is 8.66. The lowest BCUT2D eigenvalue weighted by molar-refractivity contribution is 0.112. The van der Waals surface area contributed by atoms with Crippen molar-refractivity contribution in [2.75, 3.05) is 0 Å². The van der Waals surface area contributed by atoms with Crippen molar-refractivity contribution >= 4 is 63.9 Å². The molecular formula is C16H10Br3N3O3S. The number of hydrogen-bond acceptors (Lipinski definition) is 5. The standard InChI is InChI=1S/C16H10Br3N3O3S/c17-16(18,19)26(24,25)15-21-20-14(12-6-4-5-11(9-12)10-23)22(15)13-7-2-1-3-8-13/h1-10H. The average Bonchev–Trinajstić information content (AvgIpc) is 3.07. The molecule has 0 bridgehead atoms. The van der Waals surface area contributed by atoms with E-state index >= 15 is 0 Å². The van der Waals surface area contributed by atoms with Crippen LogP contribution in [0.25, 0.3) is 17.1 Å². The van der Waals surface area contributed by atoms with E-state index in [1.54, 1.807) is 48.5 Å². The summed E-state index contributed by atoms with van der Waals surface area (Å²) in [5, 5.41) is 7.72. The van der Waals surface area contributed by atoms with Gasteiger partial charge in [0.1, 0.15) is 6.29 Å². The molecule has 0 unspecified atom stereocenters. The molecule has 0 saturated carbocycles. The van der Waals surface area contributed by atoms with Crippen molar-refractivity contribution in [3.8, 4) is 17.1 Å². The first-order valence-electron chi connectivity index (χ1n) is 7.13. The van der Waals surface area contributed by atoms with Crippen LogP contribution in [0, 0.1) is 0 Å². The van der Waals surface area contributed by atoms with E-state index in [9.17, 15) is 13.2 Å². The molecule has 0 N–H and O–H groups in total. The molecular weight excluding hydrogens is 554 g/mol. The first kappa shape index (κ1) is 19.4. The Morgan fingerprint density at radius 2 is 1.65 bits per heavy atom. The summed E-state index contributed by atoms with van der Waals surface area (Å²) in [6.07, 6.45) is 0.713. The summed E-state index contributed by atoms with van der Waals surface area (Å²) < 4.78 is 25.6. The van der Waals surface area contributed by atoms with Gasteiger partial charge < -0.3 is 0 Å². The van der Waals surface area contributed by atoms with Crippen LogP contribution in [0.1, 0.15) is 10.4 Å². The molecule has 26 heavy (non-hydrogen) atoms. The lowest BCUT2D eigenvalue weighted by Gasteiger charge is -2.15. The number of carbonyl (C=O) groups excluding carboxylic acids is 1. The first-order chi connectivity index (χ1) is 12.3. The number of hydrogen-bond donors (Lipinski definition) is 0. The second kappa shape index (κ2) is 7.34. The largest absolute Gasteiger partial charge is 0.298 e. The zero-order valence-corrected chi connectivity index (χ0v) is 18.5. The molecule has 0 aliphatic rings. The minimum atomic E-state index is -3.99. The van der Waals surface area contributed by atoms with Gasteiger partial charge >= 0.3 is 0 Å². The second-order valence-corrected chi connectivity index (χ2v) is 15.5. The Morgan fingerprint density at radius 3 is 2.27 bits per heavy atom. The molecule has 2 aromatic carbocycles. The van der Waals surface area contributed by atoms with Gasteiger partial charge in [-0.1, -0.05) is 36.4 Å². The average molecular weight is 564 g/mol. The minimum Gasteiger partial charge on any atom is -0.298 e. The highest BCUT2D eigenvalue weighted by atomic mass is 80.0. The van der Waals surface area contributed by atoms with Gasteiger partial charge in [0, 0.05) is 16.8 Å². The highest BCUT2D eigenvalue weighted by Gasteiger charge is 2.42. The Morgan fingerprint density at radius 1 is 0.962 bits per heavy atom.